The lowest BCUT2D eigenvalue weighted by atomic mass is 9.84. The van der Waals surface area contributed by atoms with Crippen LogP contribution in [0.2, 0.25) is 0 Å². The maximum absolute atomic E-state index is 14.6. The second kappa shape index (κ2) is 8.84. The van der Waals surface area contributed by atoms with E-state index in [9.17, 15) is 32.6 Å². The summed E-state index contributed by atoms with van der Waals surface area (Å²) in [6.45, 7) is -0.446. The molecule has 1 aromatic carbocycles. The molecule has 1 aliphatic carbocycles. The zero-order valence-electron chi connectivity index (χ0n) is 14.7. The summed E-state index contributed by atoms with van der Waals surface area (Å²) < 4.78 is 51.0. The van der Waals surface area contributed by atoms with Crippen LogP contribution in [0.15, 0.2) is 24.3 Å². The van der Waals surface area contributed by atoms with E-state index in [1.165, 1.54) is 24.3 Å². The second-order valence-corrected chi connectivity index (χ2v) is 6.81. The number of benzene rings is 1. The molecule has 3 N–H and O–H groups in total. The third-order valence-corrected chi connectivity index (χ3v) is 4.67. The van der Waals surface area contributed by atoms with E-state index in [1.54, 1.807) is 11.4 Å². The minimum absolute atomic E-state index is 0.0750. The van der Waals surface area contributed by atoms with Crippen molar-refractivity contribution in [3.63, 3.8) is 0 Å². The monoisotopic (exact) mass is 389 g/mol. The number of carbonyl (C=O) groups excluding carboxylic acids is 1. The van der Waals surface area contributed by atoms with Crippen LogP contribution in [0.4, 0.5) is 17.6 Å². The fraction of sp³-hybridized carbons (Fsp3) is 0.526. The summed E-state index contributed by atoms with van der Waals surface area (Å²) in [5, 5.41) is 22.1. The van der Waals surface area contributed by atoms with E-state index in [0.29, 0.717) is 12.8 Å². The first-order valence-corrected chi connectivity index (χ1v) is 8.85. The summed E-state index contributed by atoms with van der Waals surface area (Å²) in [6, 6.07) is 4.33. The predicted molar refractivity (Wildman–Crippen MR) is 92.1 cm³/mol. The van der Waals surface area contributed by atoms with Gasteiger partial charge in [-0.25, -0.2) is 4.39 Å². The first kappa shape index (κ1) is 21.4. The van der Waals surface area contributed by atoms with Crippen LogP contribution in [0.1, 0.15) is 55.8 Å². The number of nitrogens with one attached hydrogen (secondary N) is 1. The van der Waals surface area contributed by atoms with Gasteiger partial charge in [-0.2, -0.15) is 13.2 Å². The van der Waals surface area contributed by atoms with Gasteiger partial charge in [0.25, 0.3) is 0 Å². The topological polar surface area (TPSA) is 69.6 Å². The first-order chi connectivity index (χ1) is 12.6. The number of hydrogen-bond donors (Lipinski definition) is 3. The third kappa shape index (κ3) is 6.04. The van der Waals surface area contributed by atoms with E-state index in [0.717, 1.165) is 19.3 Å². The van der Waals surface area contributed by atoms with Crippen molar-refractivity contribution in [2.24, 2.45) is 0 Å². The van der Waals surface area contributed by atoms with E-state index in [1.807, 2.05) is 0 Å². The van der Waals surface area contributed by atoms with Gasteiger partial charge in [0.15, 0.2) is 0 Å². The number of rotatable bonds is 6. The fourth-order valence-electron chi connectivity index (χ4n) is 3.11. The molecule has 0 saturated heterocycles. The Hall–Kier alpha value is -1.93. The van der Waals surface area contributed by atoms with E-state index in [4.69, 9.17) is 0 Å². The zero-order valence-corrected chi connectivity index (χ0v) is 14.7. The highest BCUT2D eigenvalue weighted by Gasteiger charge is 2.38. The SMILES string of the molecule is O=C(NCCC(O)c1cccc(/C=C/C2(O)CCCCC2)c1F)C(F)(F)F. The molecule has 150 valence electrons. The standard InChI is InChI=1S/C19H23F4NO3/c20-16-13(7-11-18(27)9-2-1-3-10-18)5-4-6-14(16)15(25)8-12-24-17(26)19(21,22)23/h4-7,11,15,25,27H,1-3,8-10,12H2,(H,24,26)/b11-7+. The number of aliphatic hydroxyl groups excluding tert-OH is 1. The Kier molecular flexibility index (Phi) is 7.00. The molecule has 1 unspecified atom stereocenters. The lowest BCUT2D eigenvalue weighted by Crippen LogP contribution is -2.37. The van der Waals surface area contributed by atoms with Gasteiger partial charge >= 0.3 is 12.1 Å². The fourth-order valence-corrected chi connectivity index (χ4v) is 3.11. The van der Waals surface area contributed by atoms with Gasteiger partial charge in [-0.15, -0.1) is 0 Å². The van der Waals surface area contributed by atoms with Crippen LogP contribution in [0.5, 0.6) is 0 Å². The molecule has 1 fully saturated rings. The van der Waals surface area contributed by atoms with Gasteiger partial charge in [0.1, 0.15) is 5.82 Å². The maximum Gasteiger partial charge on any atom is 0.471 e. The van der Waals surface area contributed by atoms with Crippen LogP contribution in [0.25, 0.3) is 6.08 Å². The molecule has 0 aliphatic heterocycles. The molecule has 8 heteroatoms. The lowest BCUT2D eigenvalue weighted by Gasteiger charge is -2.28. The summed E-state index contributed by atoms with van der Waals surface area (Å²) in [7, 11) is 0. The number of hydrogen-bond acceptors (Lipinski definition) is 3. The Morgan fingerprint density at radius 3 is 2.56 bits per heavy atom. The Balaban J connectivity index is 2.01. The van der Waals surface area contributed by atoms with Crippen LogP contribution < -0.4 is 5.32 Å². The van der Waals surface area contributed by atoms with Crippen molar-refractivity contribution in [3.8, 4) is 0 Å². The lowest BCUT2D eigenvalue weighted by molar-refractivity contribution is -0.173. The summed E-state index contributed by atoms with van der Waals surface area (Å²) >= 11 is 0. The molecule has 1 amide bonds. The van der Waals surface area contributed by atoms with Gasteiger partial charge in [-0.05, 0) is 19.3 Å². The van der Waals surface area contributed by atoms with Gasteiger partial charge < -0.3 is 15.5 Å². The molecular weight excluding hydrogens is 366 g/mol. The minimum Gasteiger partial charge on any atom is -0.388 e. The van der Waals surface area contributed by atoms with Gasteiger partial charge in [-0.3, -0.25) is 4.79 Å². The Morgan fingerprint density at radius 2 is 1.93 bits per heavy atom. The maximum atomic E-state index is 14.6. The summed E-state index contributed by atoms with van der Waals surface area (Å²) in [6.07, 6.45) is 0.431. The van der Waals surface area contributed by atoms with Crippen molar-refractivity contribution in [2.75, 3.05) is 6.54 Å². The third-order valence-electron chi connectivity index (χ3n) is 4.67. The number of alkyl halides is 3. The van der Waals surface area contributed by atoms with Gasteiger partial charge in [-0.1, -0.05) is 49.6 Å². The van der Waals surface area contributed by atoms with Crippen molar-refractivity contribution in [2.45, 2.75) is 56.4 Å². The molecular formula is C19H23F4NO3. The molecule has 2 rings (SSSR count). The molecule has 1 aromatic rings. The second-order valence-electron chi connectivity index (χ2n) is 6.81. The summed E-state index contributed by atoms with van der Waals surface area (Å²) in [5.41, 5.74) is -0.875. The van der Waals surface area contributed by atoms with Crippen LogP contribution in [0, 0.1) is 5.82 Å². The largest absolute Gasteiger partial charge is 0.471 e. The highest BCUT2D eigenvalue weighted by atomic mass is 19.4. The minimum atomic E-state index is -5.00. The van der Waals surface area contributed by atoms with Crippen LogP contribution in [0.3, 0.4) is 0 Å². The van der Waals surface area contributed by atoms with Crippen molar-refractivity contribution >= 4 is 12.0 Å². The Morgan fingerprint density at radius 1 is 1.26 bits per heavy atom. The van der Waals surface area contributed by atoms with Crippen LogP contribution in [-0.2, 0) is 4.79 Å². The molecule has 1 atom stereocenters. The average molecular weight is 389 g/mol. The van der Waals surface area contributed by atoms with E-state index in [2.05, 4.69) is 0 Å². The van der Waals surface area contributed by atoms with Gasteiger partial charge in [0, 0.05) is 17.7 Å². The number of halogens is 4. The molecule has 0 radical (unpaired) electrons. The number of carbonyl (C=O) groups is 1. The average Bonchev–Trinajstić information content (AvgIpc) is 2.60. The van der Waals surface area contributed by atoms with E-state index >= 15 is 0 Å². The summed E-state index contributed by atoms with van der Waals surface area (Å²) in [5.74, 6) is -2.81. The molecule has 1 saturated carbocycles. The molecule has 4 nitrogen and oxygen atoms in total. The zero-order chi connectivity index (χ0) is 20.1. The van der Waals surface area contributed by atoms with Crippen LogP contribution >= 0.6 is 0 Å². The molecule has 0 bridgehead atoms. The molecule has 1 aliphatic rings. The summed E-state index contributed by atoms with van der Waals surface area (Å²) in [4.78, 5) is 10.7. The highest BCUT2D eigenvalue weighted by molar-refractivity contribution is 5.81. The molecule has 27 heavy (non-hydrogen) atoms. The van der Waals surface area contributed by atoms with E-state index in [-0.39, 0.29) is 17.5 Å². The van der Waals surface area contributed by atoms with Gasteiger partial charge in [0.05, 0.1) is 11.7 Å². The predicted octanol–water partition coefficient (Wildman–Crippen LogP) is 3.64. The quantitative estimate of drug-likeness (QED) is 0.651. The van der Waals surface area contributed by atoms with Crippen molar-refractivity contribution < 1.29 is 32.6 Å². The Labute approximate surface area is 154 Å². The number of aliphatic hydroxyl groups is 2. The van der Waals surface area contributed by atoms with Gasteiger partial charge in [0.2, 0.25) is 0 Å². The highest BCUT2D eigenvalue weighted by Crippen LogP contribution is 2.30. The van der Waals surface area contributed by atoms with E-state index < -0.39 is 36.2 Å². The van der Waals surface area contributed by atoms with Crippen molar-refractivity contribution in [1.29, 1.82) is 0 Å². The molecule has 0 heterocycles. The van der Waals surface area contributed by atoms with Crippen LogP contribution in [-0.4, -0.2) is 34.4 Å². The smallest absolute Gasteiger partial charge is 0.388 e. The molecule has 0 aromatic heterocycles. The first-order valence-electron chi connectivity index (χ1n) is 8.85. The van der Waals surface area contributed by atoms with Crippen molar-refractivity contribution in [1.82, 2.24) is 5.32 Å². The molecule has 0 spiro atoms. The van der Waals surface area contributed by atoms with Crippen molar-refractivity contribution in [3.05, 3.63) is 41.2 Å². The Bertz CT molecular complexity index is 682. The normalized spacial score (nSPS) is 18.4. The number of amides is 1.